The second-order valence-electron chi connectivity index (χ2n) is 5.95. The van der Waals surface area contributed by atoms with Gasteiger partial charge in [0.05, 0.1) is 6.10 Å². The van der Waals surface area contributed by atoms with Crippen molar-refractivity contribution >= 4 is 5.91 Å². The Kier molecular flexibility index (Phi) is 5.23. The minimum atomic E-state index is -1.18. The average Bonchev–Trinajstić information content (AvgIpc) is 3.09. The molecule has 0 aromatic heterocycles. The Morgan fingerprint density at radius 3 is 2.62 bits per heavy atom. The minimum Gasteiger partial charge on any atom is -0.378 e. The molecule has 1 fully saturated rings. The Labute approximate surface area is 140 Å². The first-order chi connectivity index (χ1) is 11.6. The maximum atomic E-state index is 13.0. The molecule has 2 N–H and O–H groups in total. The zero-order valence-electron chi connectivity index (χ0n) is 13.2. The number of carbonyl (C=O) groups is 1. The lowest BCUT2D eigenvalue weighted by atomic mass is 9.95. The van der Waals surface area contributed by atoms with Crippen molar-refractivity contribution in [1.82, 2.24) is 5.32 Å². The summed E-state index contributed by atoms with van der Waals surface area (Å²) in [6.07, 6.45) is -0.540. The molecule has 24 heavy (non-hydrogen) atoms. The molecule has 1 aliphatic heterocycles. The molecule has 126 valence electrons. The average molecular weight is 329 g/mol. The molecule has 0 aliphatic carbocycles. The van der Waals surface area contributed by atoms with Gasteiger partial charge in [-0.1, -0.05) is 42.5 Å². The largest absolute Gasteiger partial charge is 0.378 e. The Morgan fingerprint density at radius 1 is 1.21 bits per heavy atom. The van der Waals surface area contributed by atoms with E-state index in [1.165, 1.54) is 12.1 Å². The maximum Gasteiger partial charge on any atom is 0.253 e. The van der Waals surface area contributed by atoms with Gasteiger partial charge in [0.1, 0.15) is 5.82 Å². The van der Waals surface area contributed by atoms with Gasteiger partial charge in [0.2, 0.25) is 0 Å². The summed E-state index contributed by atoms with van der Waals surface area (Å²) in [5.41, 5.74) is 1.46. The second-order valence-corrected chi connectivity index (χ2v) is 5.95. The van der Waals surface area contributed by atoms with Crippen LogP contribution in [0, 0.1) is 11.7 Å². The van der Waals surface area contributed by atoms with E-state index in [4.69, 9.17) is 4.74 Å². The Bertz CT molecular complexity index is 675. The molecule has 1 unspecified atom stereocenters. The highest BCUT2D eigenvalue weighted by molar-refractivity contribution is 5.81. The number of aliphatic hydroxyl groups excluding tert-OH is 1. The van der Waals surface area contributed by atoms with E-state index in [9.17, 15) is 14.3 Å². The maximum absolute atomic E-state index is 13.0. The van der Waals surface area contributed by atoms with Crippen LogP contribution < -0.4 is 5.32 Å². The zero-order chi connectivity index (χ0) is 16.9. The number of aliphatic hydroxyl groups is 1. The third-order valence-corrected chi connectivity index (χ3v) is 4.31. The van der Waals surface area contributed by atoms with Crippen LogP contribution in [-0.4, -0.2) is 24.2 Å². The van der Waals surface area contributed by atoms with Crippen molar-refractivity contribution in [3.05, 3.63) is 71.5 Å². The number of benzene rings is 2. The number of amides is 1. The van der Waals surface area contributed by atoms with E-state index in [1.54, 1.807) is 36.4 Å². The molecule has 1 aliphatic rings. The number of ether oxygens (including phenoxy) is 1. The summed E-state index contributed by atoms with van der Waals surface area (Å²) in [6, 6.07) is 15.0. The number of hydrogen-bond acceptors (Lipinski definition) is 3. The first-order valence-corrected chi connectivity index (χ1v) is 8.03. The first-order valence-electron chi connectivity index (χ1n) is 8.03. The molecule has 0 saturated carbocycles. The first kappa shape index (κ1) is 16.6. The van der Waals surface area contributed by atoms with Crippen molar-refractivity contribution in [3.63, 3.8) is 0 Å². The van der Waals surface area contributed by atoms with Crippen LogP contribution in [0.4, 0.5) is 4.39 Å². The number of hydrogen-bond donors (Lipinski definition) is 2. The van der Waals surface area contributed by atoms with Crippen LogP contribution in [-0.2, 0) is 9.53 Å². The fraction of sp³-hybridized carbons (Fsp3) is 0.316. The van der Waals surface area contributed by atoms with Gasteiger partial charge < -0.3 is 15.2 Å². The minimum absolute atomic E-state index is 0.0994. The summed E-state index contributed by atoms with van der Waals surface area (Å²) in [7, 11) is 0. The number of nitrogens with one attached hydrogen (secondary N) is 1. The summed E-state index contributed by atoms with van der Waals surface area (Å²) in [5, 5.41) is 12.9. The molecule has 5 heteroatoms. The molecule has 4 nitrogen and oxygen atoms in total. The highest BCUT2D eigenvalue weighted by atomic mass is 19.1. The summed E-state index contributed by atoms with van der Waals surface area (Å²) in [6.45, 7) is 1.01. The van der Waals surface area contributed by atoms with Crippen LogP contribution in [0.2, 0.25) is 0 Å². The molecule has 2 aromatic carbocycles. The second kappa shape index (κ2) is 7.55. The predicted octanol–water partition coefficient (Wildman–Crippen LogP) is 2.75. The normalized spacial score (nSPS) is 21.4. The van der Waals surface area contributed by atoms with E-state index in [0.29, 0.717) is 18.7 Å². The summed E-state index contributed by atoms with van der Waals surface area (Å²) in [5.74, 6) is -0.610. The third-order valence-electron chi connectivity index (χ3n) is 4.31. The van der Waals surface area contributed by atoms with Gasteiger partial charge in [-0.3, -0.25) is 4.79 Å². The standard InChI is InChI=1S/C19H20FNO3/c20-16-8-6-14(7-9-16)18-15(10-11-24-18)12-21-19(23)17(22)13-4-2-1-3-5-13/h1-9,15,17-18,22H,10-12H2,(H,21,23)/t15-,17?,18-/m0/s1. The van der Waals surface area contributed by atoms with Crippen molar-refractivity contribution in [1.29, 1.82) is 0 Å². The monoisotopic (exact) mass is 329 g/mol. The molecule has 2 aromatic rings. The van der Waals surface area contributed by atoms with Crippen molar-refractivity contribution in [3.8, 4) is 0 Å². The lowest BCUT2D eigenvalue weighted by molar-refractivity contribution is -0.129. The highest BCUT2D eigenvalue weighted by Crippen LogP contribution is 2.34. The molecular formula is C19H20FNO3. The van der Waals surface area contributed by atoms with Gasteiger partial charge >= 0.3 is 0 Å². The smallest absolute Gasteiger partial charge is 0.253 e. The Hall–Kier alpha value is -2.24. The van der Waals surface area contributed by atoms with Gasteiger partial charge in [-0.05, 0) is 29.7 Å². The number of halogens is 1. The summed E-state index contributed by atoms with van der Waals surface area (Å²) >= 11 is 0. The van der Waals surface area contributed by atoms with E-state index >= 15 is 0 Å². The van der Waals surface area contributed by atoms with Gasteiger partial charge in [-0.25, -0.2) is 4.39 Å². The van der Waals surface area contributed by atoms with E-state index in [0.717, 1.165) is 12.0 Å². The molecule has 1 amide bonds. The summed E-state index contributed by atoms with van der Waals surface area (Å²) < 4.78 is 18.8. The van der Waals surface area contributed by atoms with E-state index in [-0.39, 0.29) is 17.8 Å². The van der Waals surface area contributed by atoms with Crippen LogP contribution in [0.25, 0.3) is 0 Å². The zero-order valence-corrected chi connectivity index (χ0v) is 13.2. The molecule has 0 radical (unpaired) electrons. The Morgan fingerprint density at radius 2 is 1.92 bits per heavy atom. The topological polar surface area (TPSA) is 58.6 Å². The number of carbonyl (C=O) groups excluding carboxylic acids is 1. The van der Waals surface area contributed by atoms with Gasteiger partial charge in [0.15, 0.2) is 6.10 Å². The van der Waals surface area contributed by atoms with Crippen molar-refractivity contribution in [2.24, 2.45) is 5.92 Å². The van der Waals surface area contributed by atoms with Crippen LogP contribution in [0.5, 0.6) is 0 Å². The molecule has 0 spiro atoms. The van der Waals surface area contributed by atoms with Gasteiger partial charge in [-0.15, -0.1) is 0 Å². The van der Waals surface area contributed by atoms with Crippen LogP contribution >= 0.6 is 0 Å². The van der Waals surface area contributed by atoms with Gasteiger partial charge in [0.25, 0.3) is 5.91 Å². The molecular weight excluding hydrogens is 309 g/mol. The van der Waals surface area contributed by atoms with E-state index in [2.05, 4.69) is 5.32 Å². The van der Waals surface area contributed by atoms with Crippen LogP contribution in [0.3, 0.4) is 0 Å². The fourth-order valence-electron chi connectivity index (χ4n) is 2.98. The van der Waals surface area contributed by atoms with Crippen molar-refractivity contribution < 1.29 is 19.0 Å². The number of rotatable bonds is 5. The molecule has 1 heterocycles. The third kappa shape index (κ3) is 3.80. The molecule has 0 bridgehead atoms. The van der Waals surface area contributed by atoms with Crippen LogP contribution in [0.1, 0.15) is 29.8 Å². The summed E-state index contributed by atoms with van der Waals surface area (Å²) in [4.78, 5) is 12.1. The van der Waals surface area contributed by atoms with Gasteiger partial charge in [-0.2, -0.15) is 0 Å². The highest BCUT2D eigenvalue weighted by Gasteiger charge is 2.30. The quantitative estimate of drug-likeness (QED) is 0.887. The van der Waals surface area contributed by atoms with Crippen LogP contribution in [0.15, 0.2) is 54.6 Å². The predicted molar refractivity (Wildman–Crippen MR) is 87.6 cm³/mol. The van der Waals surface area contributed by atoms with Gasteiger partial charge in [0, 0.05) is 19.1 Å². The lowest BCUT2D eigenvalue weighted by Crippen LogP contribution is -2.34. The van der Waals surface area contributed by atoms with E-state index in [1.807, 2.05) is 6.07 Å². The molecule has 1 saturated heterocycles. The Balaban J connectivity index is 1.59. The SMILES string of the molecule is O=C(NC[C@@H]1CCO[C@H]1c1ccc(F)cc1)C(O)c1ccccc1. The van der Waals surface area contributed by atoms with Crippen molar-refractivity contribution in [2.45, 2.75) is 18.6 Å². The van der Waals surface area contributed by atoms with Crippen molar-refractivity contribution in [2.75, 3.05) is 13.2 Å². The lowest BCUT2D eigenvalue weighted by Gasteiger charge is -2.20. The van der Waals surface area contributed by atoms with E-state index < -0.39 is 12.0 Å². The molecule has 3 atom stereocenters. The molecule has 3 rings (SSSR count). The fourth-order valence-corrected chi connectivity index (χ4v) is 2.98.